The van der Waals surface area contributed by atoms with Crippen molar-refractivity contribution in [2.24, 2.45) is 11.7 Å². The second kappa shape index (κ2) is 4.35. The molecule has 1 atom stereocenters. The van der Waals surface area contributed by atoms with Gasteiger partial charge in [-0.05, 0) is 49.4 Å². The van der Waals surface area contributed by atoms with E-state index in [9.17, 15) is 0 Å². The van der Waals surface area contributed by atoms with Crippen LogP contribution in [0.15, 0.2) is 42.5 Å². The molecule has 1 aliphatic carbocycles. The molecule has 4 rings (SSSR count). The fourth-order valence-corrected chi connectivity index (χ4v) is 3.35. The molecule has 0 radical (unpaired) electrons. The Morgan fingerprint density at radius 2 is 1.85 bits per heavy atom. The predicted molar refractivity (Wildman–Crippen MR) is 84.8 cm³/mol. The van der Waals surface area contributed by atoms with Crippen molar-refractivity contribution in [2.75, 3.05) is 0 Å². The van der Waals surface area contributed by atoms with Gasteiger partial charge in [-0.1, -0.05) is 24.3 Å². The van der Waals surface area contributed by atoms with Gasteiger partial charge in [-0.25, -0.2) is 0 Å². The van der Waals surface area contributed by atoms with Crippen LogP contribution < -0.4 is 5.73 Å². The van der Waals surface area contributed by atoms with Crippen molar-refractivity contribution in [2.45, 2.75) is 32.4 Å². The Morgan fingerprint density at radius 1 is 1.10 bits per heavy atom. The molecule has 2 N–H and O–H groups in total. The number of para-hydroxylation sites is 1. The molecule has 3 aromatic rings. The van der Waals surface area contributed by atoms with Crippen LogP contribution in [-0.4, -0.2) is 4.57 Å². The molecule has 1 saturated carbocycles. The number of rotatable bonds is 3. The zero-order valence-electron chi connectivity index (χ0n) is 11.8. The lowest BCUT2D eigenvalue weighted by Crippen LogP contribution is -2.12. The molecular weight excluding hydrogens is 244 g/mol. The molecule has 1 aliphatic rings. The van der Waals surface area contributed by atoms with Crippen molar-refractivity contribution in [3.8, 4) is 0 Å². The number of hydrogen-bond acceptors (Lipinski definition) is 1. The summed E-state index contributed by atoms with van der Waals surface area (Å²) < 4.78 is 2.39. The number of aryl methyl sites for hydroxylation is 1. The molecule has 102 valence electrons. The average molecular weight is 264 g/mol. The Morgan fingerprint density at radius 3 is 2.60 bits per heavy atom. The molecule has 0 spiro atoms. The van der Waals surface area contributed by atoms with Crippen molar-refractivity contribution in [1.29, 1.82) is 0 Å². The number of hydrogen-bond donors (Lipinski definition) is 1. The summed E-state index contributed by atoms with van der Waals surface area (Å²) in [6.07, 6.45) is 2.58. The molecular formula is C18H20N2. The van der Waals surface area contributed by atoms with Gasteiger partial charge < -0.3 is 10.3 Å². The summed E-state index contributed by atoms with van der Waals surface area (Å²) in [7, 11) is 0. The number of nitrogens with two attached hydrogens (primary N) is 1. The lowest BCUT2D eigenvalue weighted by atomic mass is 10.0. The highest BCUT2D eigenvalue weighted by atomic mass is 15.0. The van der Waals surface area contributed by atoms with Crippen molar-refractivity contribution in [1.82, 2.24) is 4.57 Å². The molecule has 2 aromatic carbocycles. The summed E-state index contributed by atoms with van der Waals surface area (Å²) in [5.74, 6) is 0.701. The van der Waals surface area contributed by atoms with Gasteiger partial charge in [-0.2, -0.15) is 0 Å². The van der Waals surface area contributed by atoms with E-state index in [-0.39, 0.29) is 6.04 Å². The Labute approximate surface area is 119 Å². The molecule has 2 heteroatoms. The maximum Gasteiger partial charge on any atom is 0.0491 e. The Hall–Kier alpha value is -1.80. The minimum absolute atomic E-state index is 0.211. The molecule has 1 aromatic heterocycles. The molecule has 0 bridgehead atoms. The standard InChI is InChI=1S/C18H20N2/c1-2-20-16-6-4-3-5-14(16)15-11-13(9-10-17(15)20)18(19)12-7-8-12/h3-6,9-12,18H,2,7-8,19H2,1H3/t18-/m1/s1. The van der Waals surface area contributed by atoms with E-state index in [4.69, 9.17) is 5.73 Å². The van der Waals surface area contributed by atoms with Crippen LogP contribution in [0.4, 0.5) is 0 Å². The topological polar surface area (TPSA) is 30.9 Å². The SMILES string of the molecule is CCn1c2ccccc2c2cc([C@H](N)C3CC3)ccc21. The van der Waals surface area contributed by atoms with E-state index in [2.05, 4.69) is 54.0 Å². The van der Waals surface area contributed by atoms with Gasteiger partial charge in [0.15, 0.2) is 0 Å². The monoisotopic (exact) mass is 264 g/mol. The maximum atomic E-state index is 6.37. The summed E-state index contributed by atoms with van der Waals surface area (Å²) >= 11 is 0. The summed E-state index contributed by atoms with van der Waals surface area (Å²) in [4.78, 5) is 0. The van der Waals surface area contributed by atoms with E-state index in [1.807, 2.05) is 0 Å². The van der Waals surface area contributed by atoms with Gasteiger partial charge in [0.25, 0.3) is 0 Å². The third kappa shape index (κ3) is 1.68. The average Bonchev–Trinajstić information content (AvgIpc) is 3.29. The van der Waals surface area contributed by atoms with Crippen LogP contribution in [0.2, 0.25) is 0 Å². The summed E-state index contributed by atoms with van der Waals surface area (Å²) in [5.41, 5.74) is 10.3. The molecule has 1 heterocycles. The molecule has 0 saturated heterocycles. The van der Waals surface area contributed by atoms with Crippen molar-refractivity contribution >= 4 is 21.8 Å². The Kier molecular flexibility index (Phi) is 2.61. The number of nitrogens with zero attached hydrogens (tertiary/aromatic N) is 1. The first-order chi connectivity index (χ1) is 9.79. The van der Waals surface area contributed by atoms with Crippen LogP contribution in [0, 0.1) is 5.92 Å². The van der Waals surface area contributed by atoms with E-state index in [0.29, 0.717) is 5.92 Å². The van der Waals surface area contributed by atoms with E-state index in [1.54, 1.807) is 0 Å². The van der Waals surface area contributed by atoms with Gasteiger partial charge in [0, 0.05) is 34.4 Å². The number of aromatic nitrogens is 1. The lowest BCUT2D eigenvalue weighted by molar-refractivity contribution is 0.634. The minimum atomic E-state index is 0.211. The number of benzene rings is 2. The molecule has 20 heavy (non-hydrogen) atoms. The van der Waals surface area contributed by atoms with Gasteiger partial charge in [0.1, 0.15) is 0 Å². The lowest BCUT2D eigenvalue weighted by Gasteiger charge is -2.11. The smallest absolute Gasteiger partial charge is 0.0491 e. The normalized spacial score (nSPS) is 16.9. The van der Waals surface area contributed by atoms with Gasteiger partial charge in [-0.3, -0.25) is 0 Å². The first-order valence-electron chi connectivity index (χ1n) is 7.56. The molecule has 0 amide bonds. The van der Waals surface area contributed by atoms with Gasteiger partial charge in [0.2, 0.25) is 0 Å². The Bertz CT molecular complexity index is 781. The molecule has 2 nitrogen and oxygen atoms in total. The van der Waals surface area contributed by atoms with Crippen LogP contribution in [0.3, 0.4) is 0 Å². The summed E-state index contributed by atoms with van der Waals surface area (Å²) in [5, 5.41) is 2.69. The van der Waals surface area contributed by atoms with E-state index < -0.39 is 0 Å². The fraction of sp³-hybridized carbons (Fsp3) is 0.333. The highest BCUT2D eigenvalue weighted by molar-refractivity contribution is 6.08. The molecule has 1 fully saturated rings. The number of fused-ring (bicyclic) bond motifs is 3. The van der Waals surface area contributed by atoms with Gasteiger partial charge >= 0.3 is 0 Å². The summed E-state index contributed by atoms with van der Waals surface area (Å²) in [6, 6.07) is 15.7. The predicted octanol–water partition coefficient (Wildman–Crippen LogP) is 4.22. The zero-order valence-corrected chi connectivity index (χ0v) is 11.8. The van der Waals surface area contributed by atoms with Gasteiger partial charge in [-0.15, -0.1) is 0 Å². The van der Waals surface area contributed by atoms with E-state index in [1.165, 1.54) is 40.2 Å². The third-order valence-corrected chi connectivity index (χ3v) is 4.63. The van der Waals surface area contributed by atoms with Crippen molar-refractivity contribution < 1.29 is 0 Å². The van der Waals surface area contributed by atoms with Crippen molar-refractivity contribution in [3.05, 3.63) is 48.0 Å². The first-order valence-corrected chi connectivity index (χ1v) is 7.56. The van der Waals surface area contributed by atoms with Crippen LogP contribution in [-0.2, 0) is 6.54 Å². The maximum absolute atomic E-state index is 6.37. The third-order valence-electron chi connectivity index (χ3n) is 4.63. The van der Waals surface area contributed by atoms with Crippen LogP contribution >= 0.6 is 0 Å². The van der Waals surface area contributed by atoms with Crippen LogP contribution in [0.1, 0.15) is 31.4 Å². The van der Waals surface area contributed by atoms with Crippen LogP contribution in [0.5, 0.6) is 0 Å². The zero-order chi connectivity index (χ0) is 13.7. The highest BCUT2D eigenvalue weighted by Crippen LogP contribution is 2.40. The van der Waals surface area contributed by atoms with Crippen molar-refractivity contribution in [3.63, 3.8) is 0 Å². The first kappa shape index (κ1) is 12.0. The largest absolute Gasteiger partial charge is 0.341 e. The second-order valence-electron chi connectivity index (χ2n) is 5.90. The van der Waals surface area contributed by atoms with Crippen LogP contribution in [0.25, 0.3) is 21.8 Å². The van der Waals surface area contributed by atoms with E-state index in [0.717, 1.165) is 6.54 Å². The molecule has 0 unspecified atom stereocenters. The summed E-state index contributed by atoms with van der Waals surface area (Å²) in [6.45, 7) is 3.20. The Balaban J connectivity index is 1.99. The van der Waals surface area contributed by atoms with E-state index >= 15 is 0 Å². The highest BCUT2D eigenvalue weighted by Gasteiger charge is 2.29. The fourth-order valence-electron chi connectivity index (χ4n) is 3.35. The molecule has 0 aliphatic heterocycles. The quantitative estimate of drug-likeness (QED) is 0.754. The second-order valence-corrected chi connectivity index (χ2v) is 5.90. The minimum Gasteiger partial charge on any atom is -0.341 e. The van der Waals surface area contributed by atoms with Gasteiger partial charge in [0.05, 0.1) is 0 Å².